The second kappa shape index (κ2) is 9.73. The van der Waals surface area contributed by atoms with Gasteiger partial charge in [-0.3, -0.25) is 5.10 Å². The maximum Gasteiger partial charge on any atom is 0.179 e. The zero-order chi connectivity index (χ0) is 23.5. The summed E-state index contributed by atoms with van der Waals surface area (Å²) >= 11 is 12.9. The van der Waals surface area contributed by atoms with E-state index in [4.69, 9.17) is 32.7 Å². The van der Waals surface area contributed by atoms with Crippen LogP contribution in [0.15, 0.2) is 47.5 Å². The zero-order valence-electron chi connectivity index (χ0n) is 18.4. The Kier molecular flexibility index (Phi) is 7.43. The summed E-state index contributed by atoms with van der Waals surface area (Å²) < 4.78 is 35.0. The first-order chi connectivity index (χ1) is 15.0. The summed E-state index contributed by atoms with van der Waals surface area (Å²) in [7, 11) is -3.37. The number of sulfone groups is 1. The van der Waals surface area contributed by atoms with Crippen LogP contribution in [0.2, 0.25) is 10.0 Å². The molecular weight excluding hydrogens is 471 g/mol. The van der Waals surface area contributed by atoms with Gasteiger partial charge < -0.3 is 9.47 Å². The largest absolute Gasteiger partial charge is 0.490 e. The van der Waals surface area contributed by atoms with Crippen LogP contribution < -0.4 is 9.47 Å². The zero-order valence-corrected chi connectivity index (χ0v) is 20.7. The molecule has 6 nitrogen and oxygen atoms in total. The van der Waals surface area contributed by atoms with Gasteiger partial charge in [-0.25, -0.2) is 8.42 Å². The molecule has 0 aliphatic rings. The van der Waals surface area contributed by atoms with Gasteiger partial charge in [-0.05, 0) is 41.8 Å². The van der Waals surface area contributed by atoms with Crippen molar-refractivity contribution in [3.63, 3.8) is 0 Å². The van der Waals surface area contributed by atoms with Gasteiger partial charge in [0.1, 0.15) is 17.3 Å². The van der Waals surface area contributed by atoms with Crippen molar-refractivity contribution in [2.45, 2.75) is 44.1 Å². The predicted molar refractivity (Wildman–Crippen MR) is 127 cm³/mol. The Balaban J connectivity index is 1.77. The van der Waals surface area contributed by atoms with Crippen LogP contribution in [0.4, 0.5) is 0 Å². The van der Waals surface area contributed by atoms with E-state index in [1.165, 1.54) is 6.20 Å². The Morgan fingerprint density at radius 2 is 1.66 bits per heavy atom. The molecule has 9 heteroatoms. The topological polar surface area (TPSA) is 81.3 Å². The summed E-state index contributed by atoms with van der Waals surface area (Å²) in [6.07, 6.45) is 3.29. The van der Waals surface area contributed by atoms with E-state index in [2.05, 4.69) is 24.0 Å². The van der Waals surface area contributed by atoms with E-state index in [0.717, 1.165) is 23.8 Å². The number of hydrogen-bond acceptors (Lipinski definition) is 5. The van der Waals surface area contributed by atoms with Crippen LogP contribution in [-0.4, -0.2) is 31.5 Å². The molecule has 1 heterocycles. The van der Waals surface area contributed by atoms with Gasteiger partial charge in [-0.1, -0.05) is 56.1 Å². The molecule has 0 fully saturated rings. The minimum absolute atomic E-state index is 0.0651. The van der Waals surface area contributed by atoms with E-state index in [1.54, 1.807) is 0 Å². The Labute approximate surface area is 198 Å². The van der Waals surface area contributed by atoms with Gasteiger partial charge in [-0.2, -0.15) is 5.10 Å². The average molecular weight is 497 g/mol. The first kappa shape index (κ1) is 24.4. The minimum atomic E-state index is -3.37. The van der Waals surface area contributed by atoms with Gasteiger partial charge in [0.15, 0.2) is 15.6 Å². The maximum atomic E-state index is 11.8. The molecule has 0 atom stereocenters. The molecule has 172 valence electrons. The third-order valence-electron chi connectivity index (χ3n) is 5.21. The fourth-order valence-corrected chi connectivity index (χ4v) is 4.67. The third-order valence-corrected chi connectivity index (χ3v) is 6.92. The number of H-pyrrole nitrogens is 1. The van der Waals surface area contributed by atoms with Crippen LogP contribution in [0.1, 0.15) is 44.0 Å². The van der Waals surface area contributed by atoms with Crippen LogP contribution in [0, 0.1) is 0 Å². The third kappa shape index (κ3) is 5.39. The molecule has 32 heavy (non-hydrogen) atoms. The molecule has 0 saturated heterocycles. The van der Waals surface area contributed by atoms with E-state index >= 15 is 0 Å². The smallest absolute Gasteiger partial charge is 0.179 e. The Morgan fingerprint density at radius 1 is 1.03 bits per heavy atom. The van der Waals surface area contributed by atoms with Crippen molar-refractivity contribution in [1.82, 2.24) is 10.2 Å². The molecule has 0 spiro atoms. The van der Waals surface area contributed by atoms with Crippen molar-refractivity contribution in [3.8, 4) is 11.5 Å². The molecule has 0 radical (unpaired) electrons. The van der Waals surface area contributed by atoms with Crippen molar-refractivity contribution in [2.75, 3.05) is 12.9 Å². The predicted octanol–water partition coefficient (Wildman–Crippen LogP) is 5.81. The molecule has 0 saturated carbocycles. The molecular formula is C23H26Cl2N2O4S. The molecule has 0 unspecified atom stereocenters. The summed E-state index contributed by atoms with van der Waals surface area (Å²) in [5.74, 6) is 1.11. The minimum Gasteiger partial charge on any atom is -0.490 e. The lowest BCUT2D eigenvalue weighted by molar-refractivity contribution is 0.298. The first-order valence-corrected chi connectivity index (χ1v) is 12.8. The number of nitrogens with one attached hydrogen (secondary N) is 1. The quantitative estimate of drug-likeness (QED) is 0.403. The number of aromatic nitrogens is 2. The Hall–Kier alpha value is -2.22. The highest BCUT2D eigenvalue weighted by atomic mass is 35.5. The van der Waals surface area contributed by atoms with E-state index < -0.39 is 9.84 Å². The number of benzene rings is 2. The van der Waals surface area contributed by atoms with Gasteiger partial charge in [-0.15, -0.1) is 0 Å². The van der Waals surface area contributed by atoms with Crippen molar-refractivity contribution >= 4 is 33.0 Å². The molecule has 0 amide bonds. The fourth-order valence-electron chi connectivity index (χ4n) is 3.28. The van der Waals surface area contributed by atoms with Gasteiger partial charge >= 0.3 is 0 Å². The number of hydrogen-bond donors (Lipinski definition) is 1. The first-order valence-electron chi connectivity index (χ1n) is 10.1. The second-order valence-electron chi connectivity index (χ2n) is 8.04. The SMILES string of the molecule is CCCOc1c(Cl)cc(C(C)(C)c2ccc(OCc3[nH]ncc3S(C)(=O)=O)cc2)cc1Cl. The fraction of sp³-hybridized carbons (Fsp3) is 0.348. The second-order valence-corrected chi connectivity index (χ2v) is 10.8. The molecule has 1 N–H and O–H groups in total. The van der Waals surface area contributed by atoms with Crippen molar-refractivity contribution < 1.29 is 17.9 Å². The van der Waals surface area contributed by atoms with Gasteiger partial charge in [0.2, 0.25) is 0 Å². The van der Waals surface area contributed by atoms with Crippen molar-refractivity contribution in [3.05, 3.63) is 69.5 Å². The summed E-state index contributed by atoms with van der Waals surface area (Å²) in [5.41, 5.74) is 2.03. The summed E-state index contributed by atoms with van der Waals surface area (Å²) in [6.45, 7) is 6.80. The highest BCUT2D eigenvalue weighted by Crippen LogP contribution is 2.40. The normalized spacial score (nSPS) is 12.1. The van der Waals surface area contributed by atoms with Crippen LogP contribution >= 0.6 is 23.2 Å². The average Bonchev–Trinajstić information content (AvgIpc) is 3.21. The lowest BCUT2D eigenvalue weighted by Crippen LogP contribution is -2.19. The summed E-state index contributed by atoms with van der Waals surface area (Å²) in [4.78, 5) is 0.135. The number of aromatic amines is 1. The Bertz CT molecular complexity index is 1170. The molecule has 2 aromatic carbocycles. The van der Waals surface area contributed by atoms with Crippen LogP contribution in [0.25, 0.3) is 0 Å². The standard InChI is InChI=1S/C23H26Cl2N2O4S/c1-5-10-30-22-18(24)11-16(12-19(22)25)23(2,3)15-6-8-17(9-7-15)31-14-20-21(13-26-27-20)32(4,28)29/h6-9,11-13H,5,10,14H2,1-4H3,(H,26,27). The van der Waals surface area contributed by atoms with E-state index in [0.29, 0.717) is 33.8 Å². The highest BCUT2D eigenvalue weighted by molar-refractivity contribution is 7.90. The number of ether oxygens (including phenoxy) is 2. The van der Waals surface area contributed by atoms with E-state index in [9.17, 15) is 8.42 Å². The molecule has 0 aliphatic carbocycles. The summed E-state index contributed by atoms with van der Waals surface area (Å²) in [5, 5.41) is 7.44. The lowest BCUT2D eigenvalue weighted by atomic mass is 9.78. The Morgan fingerprint density at radius 3 is 2.22 bits per heavy atom. The van der Waals surface area contributed by atoms with Gasteiger partial charge in [0.25, 0.3) is 0 Å². The molecule has 1 aromatic heterocycles. The molecule has 0 aliphatic heterocycles. The van der Waals surface area contributed by atoms with E-state index in [1.807, 2.05) is 43.3 Å². The monoisotopic (exact) mass is 496 g/mol. The maximum absolute atomic E-state index is 11.8. The summed E-state index contributed by atoms with van der Waals surface area (Å²) in [6, 6.07) is 11.4. The lowest BCUT2D eigenvalue weighted by Gasteiger charge is -2.27. The van der Waals surface area contributed by atoms with Crippen LogP contribution in [0.5, 0.6) is 11.5 Å². The molecule has 3 rings (SSSR count). The number of nitrogens with zero attached hydrogens (tertiary/aromatic N) is 1. The molecule has 0 bridgehead atoms. The van der Waals surface area contributed by atoms with Crippen molar-refractivity contribution in [2.24, 2.45) is 0 Å². The molecule has 3 aromatic rings. The number of rotatable bonds is 9. The highest BCUT2D eigenvalue weighted by Gasteiger charge is 2.26. The van der Waals surface area contributed by atoms with E-state index in [-0.39, 0.29) is 16.9 Å². The van der Waals surface area contributed by atoms with Crippen LogP contribution in [0.3, 0.4) is 0 Å². The van der Waals surface area contributed by atoms with Crippen LogP contribution in [-0.2, 0) is 21.9 Å². The van der Waals surface area contributed by atoms with Gasteiger partial charge in [0.05, 0.1) is 28.5 Å². The van der Waals surface area contributed by atoms with Gasteiger partial charge in [0, 0.05) is 11.7 Å². The number of halogens is 2. The van der Waals surface area contributed by atoms with Crippen molar-refractivity contribution in [1.29, 1.82) is 0 Å².